The first-order valence-electron chi connectivity index (χ1n) is 9.05. The van der Waals surface area contributed by atoms with Crippen molar-refractivity contribution in [2.24, 2.45) is 0 Å². The summed E-state index contributed by atoms with van der Waals surface area (Å²) in [7, 11) is 1.17. The van der Waals surface area contributed by atoms with Gasteiger partial charge in [-0.1, -0.05) is 30.3 Å². The van der Waals surface area contributed by atoms with E-state index in [1.54, 1.807) is 32.9 Å². The Hall–Kier alpha value is -3.07. The molecule has 2 amide bonds. The number of aliphatic hydroxyl groups is 1. The molecule has 1 aliphatic carbocycles. The van der Waals surface area contributed by atoms with Crippen molar-refractivity contribution in [3.63, 3.8) is 0 Å². The first-order valence-corrected chi connectivity index (χ1v) is 9.05. The third kappa shape index (κ3) is 6.49. The lowest BCUT2D eigenvalue weighted by molar-refractivity contribution is -0.137. The van der Waals surface area contributed by atoms with Gasteiger partial charge in [-0.05, 0) is 32.4 Å². The summed E-state index contributed by atoms with van der Waals surface area (Å²) in [6.45, 7) is 5.10. The summed E-state index contributed by atoms with van der Waals surface area (Å²) >= 11 is 0. The normalized spacial score (nSPS) is 21.0. The molecule has 1 aromatic rings. The Bertz CT molecular complexity index is 771. The zero-order valence-electron chi connectivity index (χ0n) is 16.8. The van der Waals surface area contributed by atoms with E-state index in [-0.39, 0.29) is 12.2 Å². The summed E-state index contributed by atoms with van der Waals surface area (Å²) in [5, 5.41) is 15.5. The van der Waals surface area contributed by atoms with Gasteiger partial charge in [0.05, 0.1) is 24.8 Å². The Morgan fingerprint density at radius 3 is 2.31 bits per heavy atom. The Labute approximate surface area is 169 Å². The first-order chi connectivity index (χ1) is 13.6. The Kier molecular flexibility index (Phi) is 7.22. The van der Waals surface area contributed by atoms with Crippen LogP contribution < -0.4 is 10.6 Å². The summed E-state index contributed by atoms with van der Waals surface area (Å²) in [5.41, 5.74) is -0.0469. The highest BCUT2D eigenvalue weighted by atomic mass is 16.6. The number of esters is 1. The second kappa shape index (κ2) is 9.42. The number of nitrogens with one attached hydrogen (secondary N) is 2. The lowest BCUT2D eigenvalue weighted by Crippen LogP contribution is -2.54. The molecule has 1 aliphatic rings. The topological polar surface area (TPSA) is 123 Å². The quantitative estimate of drug-likeness (QED) is 0.502. The Balaban J connectivity index is 2.06. The van der Waals surface area contributed by atoms with Crippen molar-refractivity contribution in [2.75, 3.05) is 7.11 Å². The van der Waals surface area contributed by atoms with Crippen LogP contribution in [0.4, 0.5) is 9.59 Å². The van der Waals surface area contributed by atoms with Gasteiger partial charge in [-0.25, -0.2) is 14.4 Å². The van der Waals surface area contributed by atoms with Gasteiger partial charge in [0.25, 0.3) is 0 Å². The lowest BCUT2D eigenvalue weighted by atomic mass is 10.1. The maximum absolute atomic E-state index is 12.2. The molecule has 158 valence electrons. The van der Waals surface area contributed by atoms with Gasteiger partial charge in [-0.3, -0.25) is 0 Å². The number of rotatable bonds is 5. The maximum Gasteiger partial charge on any atom is 0.408 e. The Morgan fingerprint density at radius 1 is 1.07 bits per heavy atom. The van der Waals surface area contributed by atoms with Crippen molar-refractivity contribution >= 4 is 18.2 Å². The second-order valence-corrected chi connectivity index (χ2v) is 7.46. The molecule has 3 atom stereocenters. The summed E-state index contributed by atoms with van der Waals surface area (Å²) in [5.74, 6) is -0.768. The molecule has 0 saturated heterocycles. The highest BCUT2D eigenvalue weighted by Crippen LogP contribution is 2.22. The molecule has 0 bridgehead atoms. The van der Waals surface area contributed by atoms with Crippen LogP contribution in [0.15, 0.2) is 42.0 Å². The molecule has 29 heavy (non-hydrogen) atoms. The number of carbonyl (C=O) groups excluding carboxylic acids is 3. The van der Waals surface area contributed by atoms with Crippen LogP contribution in [-0.4, -0.2) is 54.2 Å². The molecule has 1 aromatic carbocycles. The molecule has 2 rings (SSSR count). The zero-order chi connectivity index (χ0) is 21.6. The molecule has 0 spiro atoms. The van der Waals surface area contributed by atoms with E-state index < -0.39 is 41.9 Å². The molecule has 9 heteroatoms. The number of benzene rings is 1. The molecular weight excluding hydrogens is 380 g/mol. The fourth-order valence-electron chi connectivity index (χ4n) is 2.74. The SMILES string of the molecule is COC(=O)C1=C[C@H](NC(=O)OCc2ccccc2)[C@@H](NC(=O)OC(C)(C)C)[C@H]1O. The predicted molar refractivity (Wildman–Crippen MR) is 103 cm³/mol. The molecule has 9 nitrogen and oxygen atoms in total. The molecule has 0 fully saturated rings. The van der Waals surface area contributed by atoms with Crippen LogP contribution in [0, 0.1) is 0 Å². The largest absolute Gasteiger partial charge is 0.466 e. The van der Waals surface area contributed by atoms with Crippen molar-refractivity contribution < 1.29 is 33.7 Å². The van der Waals surface area contributed by atoms with Gasteiger partial charge in [0.15, 0.2) is 0 Å². The van der Waals surface area contributed by atoms with Gasteiger partial charge in [0.1, 0.15) is 18.3 Å². The van der Waals surface area contributed by atoms with E-state index in [0.717, 1.165) is 5.56 Å². The van der Waals surface area contributed by atoms with Gasteiger partial charge in [-0.2, -0.15) is 0 Å². The molecule has 0 heterocycles. The van der Waals surface area contributed by atoms with E-state index in [9.17, 15) is 19.5 Å². The minimum Gasteiger partial charge on any atom is -0.466 e. The predicted octanol–water partition coefficient (Wildman–Crippen LogP) is 1.65. The number of aliphatic hydroxyl groups excluding tert-OH is 1. The van der Waals surface area contributed by atoms with E-state index in [1.165, 1.54) is 13.2 Å². The summed E-state index contributed by atoms with van der Waals surface area (Å²) in [6, 6.07) is 7.13. The van der Waals surface area contributed by atoms with Crippen LogP contribution in [0.5, 0.6) is 0 Å². The van der Waals surface area contributed by atoms with Gasteiger partial charge in [0, 0.05) is 0 Å². The van der Waals surface area contributed by atoms with Crippen LogP contribution in [-0.2, 0) is 25.6 Å². The third-order valence-electron chi connectivity index (χ3n) is 4.01. The minimum atomic E-state index is -1.39. The van der Waals surface area contributed by atoms with Crippen molar-refractivity contribution in [3.05, 3.63) is 47.5 Å². The Morgan fingerprint density at radius 2 is 1.72 bits per heavy atom. The molecule has 0 aromatic heterocycles. The summed E-state index contributed by atoms with van der Waals surface area (Å²) < 4.78 is 15.0. The van der Waals surface area contributed by atoms with E-state index in [0.29, 0.717) is 0 Å². The number of hydrogen-bond donors (Lipinski definition) is 3. The van der Waals surface area contributed by atoms with Crippen molar-refractivity contribution in [2.45, 2.75) is 51.2 Å². The fraction of sp³-hybridized carbons (Fsp3) is 0.450. The van der Waals surface area contributed by atoms with E-state index >= 15 is 0 Å². The summed E-state index contributed by atoms with van der Waals surface area (Å²) in [6.07, 6.45) is -1.65. The van der Waals surface area contributed by atoms with Crippen LogP contribution in [0.2, 0.25) is 0 Å². The third-order valence-corrected chi connectivity index (χ3v) is 4.01. The molecular formula is C20H26N2O7. The number of ether oxygens (including phenoxy) is 3. The minimum absolute atomic E-state index is 0.0414. The lowest BCUT2D eigenvalue weighted by Gasteiger charge is -2.27. The number of alkyl carbamates (subject to hydrolysis) is 2. The molecule has 0 radical (unpaired) electrons. The van der Waals surface area contributed by atoms with Gasteiger partial charge in [-0.15, -0.1) is 0 Å². The van der Waals surface area contributed by atoms with Gasteiger partial charge < -0.3 is 30.0 Å². The highest BCUT2D eigenvalue weighted by Gasteiger charge is 2.42. The van der Waals surface area contributed by atoms with Crippen molar-refractivity contribution in [1.29, 1.82) is 0 Å². The highest BCUT2D eigenvalue weighted by molar-refractivity contribution is 5.91. The second-order valence-electron chi connectivity index (χ2n) is 7.46. The average molecular weight is 406 g/mol. The van der Waals surface area contributed by atoms with Gasteiger partial charge in [0.2, 0.25) is 0 Å². The monoisotopic (exact) mass is 406 g/mol. The van der Waals surface area contributed by atoms with E-state index in [2.05, 4.69) is 15.4 Å². The van der Waals surface area contributed by atoms with Crippen LogP contribution in [0.1, 0.15) is 26.3 Å². The van der Waals surface area contributed by atoms with E-state index in [4.69, 9.17) is 9.47 Å². The number of carbonyl (C=O) groups is 3. The number of amides is 2. The number of hydrogen-bond acceptors (Lipinski definition) is 7. The zero-order valence-corrected chi connectivity index (χ0v) is 16.8. The van der Waals surface area contributed by atoms with E-state index in [1.807, 2.05) is 18.2 Å². The van der Waals surface area contributed by atoms with Crippen molar-refractivity contribution in [3.8, 4) is 0 Å². The molecule has 3 N–H and O–H groups in total. The first kappa shape index (κ1) is 22.2. The number of methoxy groups -OCH3 is 1. The van der Waals surface area contributed by atoms with Crippen molar-refractivity contribution in [1.82, 2.24) is 10.6 Å². The fourth-order valence-corrected chi connectivity index (χ4v) is 2.74. The van der Waals surface area contributed by atoms with Crippen LogP contribution >= 0.6 is 0 Å². The smallest absolute Gasteiger partial charge is 0.408 e. The van der Waals surface area contributed by atoms with Gasteiger partial charge >= 0.3 is 18.2 Å². The standard InChI is InChI=1S/C20H26N2O7/c1-20(2,3)29-19(26)22-15-14(10-13(16(15)23)17(24)27-4)21-18(25)28-11-12-8-6-5-7-9-12/h5-10,14-16,23H,11H2,1-4H3,(H,21,25)(H,22,26)/t14-,15+,16-/m0/s1. The molecule has 0 unspecified atom stereocenters. The maximum atomic E-state index is 12.2. The molecule has 0 aliphatic heterocycles. The summed E-state index contributed by atoms with van der Waals surface area (Å²) in [4.78, 5) is 36.2. The molecule has 0 saturated carbocycles. The van der Waals surface area contributed by atoms with Crippen LogP contribution in [0.3, 0.4) is 0 Å². The van der Waals surface area contributed by atoms with Crippen LogP contribution in [0.25, 0.3) is 0 Å². The average Bonchev–Trinajstić information content (AvgIpc) is 2.94.